The minimum Gasteiger partial charge on any atom is -0.497 e. The third-order valence-electron chi connectivity index (χ3n) is 3.52. The summed E-state index contributed by atoms with van der Waals surface area (Å²) in [5.41, 5.74) is 0.952. The number of methoxy groups -OCH3 is 1. The maximum Gasteiger partial charge on any atom is 0.285 e. The van der Waals surface area contributed by atoms with Gasteiger partial charge in [-0.1, -0.05) is 17.4 Å². The monoisotopic (exact) mass is 426 g/mol. The summed E-state index contributed by atoms with van der Waals surface area (Å²) in [5.74, 6) is 0.600. The fourth-order valence-corrected chi connectivity index (χ4v) is 5.39. The van der Waals surface area contributed by atoms with Crippen molar-refractivity contribution in [2.45, 2.75) is 18.4 Å². The van der Waals surface area contributed by atoms with Crippen molar-refractivity contribution in [3.63, 3.8) is 0 Å². The van der Waals surface area contributed by atoms with Gasteiger partial charge in [-0.05, 0) is 59.3 Å². The molecule has 0 aliphatic carbocycles. The zero-order valence-electron chi connectivity index (χ0n) is 13.1. The van der Waals surface area contributed by atoms with Crippen molar-refractivity contribution in [2.75, 3.05) is 7.11 Å². The molecule has 0 fully saturated rings. The summed E-state index contributed by atoms with van der Waals surface area (Å²) in [6.07, 6.45) is 0. The molecule has 0 bridgehead atoms. The van der Waals surface area contributed by atoms with Crippen LogP contribution in [-0.4, -0.2) is 20.1 Å². The SMILES string of the molecule is CCn1/c(=N/S(=O)(=O)c2ccc(OC)cc2)sc2cccc(Br)c21. The van der Waals surface area contributed by atoms with E-state index in [4.69, 9.17) is 4.74 Å². The van der Waals surface area contributed by atoms with Gasteiger partial charge in [0, 0.05) is 11.0 Å². The van der Waals surface area contributed by atoms with Crippen LogP contribution in [-0.2, 0) is 16.6 Å². The molecule has 1 aromatic heterocycles. The Morgan fingerprint density at radius 1 is 1.21 bits per heavy atom. The summed E-state index contributed by atoms with van der Waals surface area (Å²) in [4.78, 5) is 0.595. The predicted molar refractivity (Wildman–Crippen MR) is 98.9 cm³/mol. The van der Waals surface area contributed by atoms with E-state index in [1.54, 1.807) is 12.1 Å². The van der Waals surface area contributed by atoms with E-state index < -0.39 is 10.0 Å². The molecule has 0 N–H and O–H groups in total. The third-order valence-corrected chi connectivity index (χ3v) is 6.60. The summed E-state index contributed by atoms with van der Waals surface area (Å²) in [5, 5.41) is 0. The van der Waals surface area contributed by atoms with Crippen molar-refractivity contribution in [3.05, 3.63) is 51.7 Å². The molecule has 5 nitrogen and oxygen atoms in total. The molecule has 0 unspecified atom stereocenters. The molecule has 8 heteroatoms. The highest BCUT2D eigenvalue weighted by atomic mass is 79.9. The minimum absolute atomic E-state index is 0.141. The number of nitrogens with zero attached hydrogens (tertiary/aromatic N) is 2. The molecule has 126 valence electrons. The van der Waals surface area contributed by atoms with Gasteiger partial charge < -0.3 is 9.30 Å². The molecule has 0 aliphatic heterocycles. The van der Waals surface area contributed by atoms with Crippen molar-refractivity contribution in [3.8, 4) is 5.75 Å². The number of rotatable bonds is 4. The van der Waals surface area contributed by atoms with Crippen LogP contribution in [0, 0.1) is 0 Å². The van der Waals surface area contributed by atoms with Gasteiger partial charge in [-0.25, -0.2) is 0 Å². The molecule has 24 heavy (non-hydrogen) atoms. The van der Waals surface area contributed by atoms with E-state index in [0.29, 0.717) is 17.1 Å². The minimum atomic E-state index is -3.79. The lowest BCUT2D eigenvalue weighted by Crippen LogP contribution is -2.16. The first-order valence-electron chi connectivity index (χ1n) is 7.19. The summed E-state index contributed by atoms with van der Waals surface area (Å²) in [6, 6.07) is 12.0. The quantitative estimate of drug-likeness (QED) is 0.637. The van der Waals surface area contributed by atoms with E-state index in [1.807, 2.05) is 29.7 Å². The van der Waals surface area contributed by atoms with E-state index >= 15 is 0 Å². The lowest BCUT2D eigenvalue weighted by Gasteiger charge is -2.03. The second-order valence-corrected chi connectivity index (χ2v) is 8.42. The van der Waals surface area contributed by atoms with Crippen LogP contribution >= 0.6 is 27.3 Å². The summed E-state index contributed by atoms with van der Waals surface area (Å²) < 4.78 is 38.1. The molecular formula is C16H15BrN2O3S2. The maximum absolute atomic E-state index is 12.6. The van der Waals surface area contributed by atoms with Crippen molar-refractivity contribution >= 4 is 47.5 Å². The summed E-state index contributed by atoms with van der Waals surface area (Å²) in [6.45, 7) is 2.59. The molecule has 2 aromatic carbocycles. The fraction of sp³-hybridized carbons (Fsp3) is 0.188. The molecule has 0 atom stereocenters. The highest BCUT2D eigenvalue weighted by Crippen LogP contribution is 2.26. The molecule has 0 saturated heterocycles. The highest BCUT2D eigenvalue weighted by molar-refractivity contribution is 9.10. The number of halogens is 1. The fourth-order valence-electron chi connectivity index (χ4n) is 2.35. The molecule has 0 radical (unpaired) electrons. The van der Waals surface area contributed by atoms with Gasteiger partial charge in [0.05, 0.1) is 22.2 Å². The third kappa shape index (κ3) is 3.13. The lowest BCUT2D eigenvalue weighted by atomic mass is 10.3. The average Bonchev–Trinajstić information content (AvgIpc) is 2.92. The number of aromatic nitrogens is 1. The largest absolute Gasteiger partial charge is 0.497 e. The molecule has 0 aliphatic rings. The number of thiazole rings is 1. The van der Waals surface area contributed by atoms with E-state index in [2.05, 4.69) is 20.3 Å². The van der Waals surface area contributed by atoms with E-state index in [9.17, 15) is 8.42 Å². The van der Waals surface area contributed by atoms with Crippen molar-refractivity contribution < 1.29 is 13.2 Å². The van der Waals surface area contributed by atoms with Gasteiger partial charge in [-0.15, -0.1) is 4.40 Å². The van der Waals surface area contributed by atoms with E-state index in [-0.39, 0.29) is 4.90 Å². The molecule has 0 saturated carbocycles. The standard InChI is InChI=1S/C16H15BrN2O3S2/c1-3-19-15-13(17)5-4-6-14(15)23-16(19)18-24(20,21)12-9-7-11(22-2)8-10-12/h4-10H,3H2,1-2H3/b18-16-. The second-order valence-electron chi connectivity index (χ2n) is 4.96. The van der Waals surface area contributed by atoms with Crippen LogP contribution < -0.4 is 9.54 Å². The highest BCUT2D eigenvalue weighted by Gasteiger charge is 2.15. The Balaban J connectivity index is 2.19. The van der Waals surface area contributed by atoms with Gasteiger partial charge >= 0.3 is 0 Å². The topological polar surface area (TPSA) is 60.7 Å². The van der Waals surface area contributed by atoms with Gasteiger partial charge in [-0.3, -0.25) is 0 Å². The van der Waals surface area contributed by atoms with Crippen LogP contribution in [0.15, 0.2) is 56.2 Å². The van der Waals surface area contributed by atoms with Gasteiger partial charge in [0.2, 0.25) is 4.80 Å². The Morgan fingerprint density at radius 3 is 2.54 bits per heavy atom. The number of aryl methyl sites for hydroxylation is 1. The Kier molecular flexibility index (Phi) is 4.80. The van der Waals surface area contributed by atoms with E-state index in [1.165, 1.54) is 30.6 Å². The number of fused-ring (bicyclic) bond motifs is 1. The van der Waals surface area contributed by atoms with Crippen molar-refractivity contribution in [1.29, 1.82) is 0 Å². The van der Waals surface area contributed by atoms with Crippen LogP contribution in [0.5, 0.6) is 5.75 Å². The zero-order valence-corrected chi connectivity index (χ0v) is 16.3. The van der Waals surface area contributed by atoms with Crippen LogP contribution in [0.4, 0.5) is 0 Å². The Bertz CT molecular complexity index is 1050. The van der Waals surface area contributed by atoms with Gasteiger partial charge in [0.25, 0.3) is 10.0 Å². The Morgan fingerprint density at radius 2 is 1.92 bits per heavy atom. The van der Waals surface area contributed by atoms with Crippen molar-refractivity contribution in [1.82, 2.24) is 4.57 Å². The number of sulfonamides is 1. The number of hydrogen-bond acceptors (Lipinski definition) is 4. The van der Waals surface area contributed by atoms with Crippen LogP contribution in [0.1, 0.15) is 6.92 Å². The molecular weight excluding hydrogens is 412 g/mol. The first-order valence-corrected chi connectivity index (χ1v) is 10.2. The summed E-state index contributed by atoms with van der Waals surface area (Å²) in [7, 11) is -2.25. The molecule has 1 heterocycles. The first-order chi connectivity index (χ1) is 11.5. The average molecular weight is 427 g/mol. The van der Waals surface area contributed by atoms with Gasteiger partial charge in [0.15, 0.2) is 0 Å². The first kappa shape index (κ1) is 17.2. The zero-order chi connectivity index (χ0) is 17.3. The lowest BCUT2D eigenvalue weighted by molar-refractivity contribution is 0.414. The summed E-state index contributed by atoms with van der Waals surface area (Å²) >= 11 is 4.88. The predicted octanol–water partition coefficient (Wildman–Crippen LogP) is 3.78. The van der Waals surface area contributed by atoms with Gasteiger partial charge in [-0.2, -0.15) is 8.42 Å². The Labute approximate surface area is 152 Å². The molecule has 0 amide bonds. The number of para-hydroxylation sites is 1. The number of ether oxygens (including phenoxy) is 1. The number of hydrogen-bond donors (Lipinski definition) is 0. The van der Waals surface area contributed by atoms with Gasteiger partial charge in [0.1, 0.15) is 5.75 Å². The molecule has 0 spiro atoms. The maximum atomic E-state index is 12.6. The smallest absolute Gasteiger partial charge is 0.285 e. The van der Waals surface area contributed by atoms with Crippen LogP contribution in [0.2, 0.25) is 0 Å². The Hall–Kier alpha value is -1.64. The van der Waals surface area contributed by atoms with E-state index in [0.717, 1.165) is 14.7 Å². The molecule has 3 aromatic rings. The number of benzene rings is 2. The van der Waals surface area contributed by atoms with Crippen LogP contribution in [0.3, 0.4) is 0 Å². The van der Waals surface area contributed by atoms with Crippen molar-refractivity contribution in [2.24, 2.45) is 4.40 Å². The second kappa shape index (κ2) is 6.70. The molecule has 3 rings (SSSR count). The normalized spacial score (nSPS) is 12.7. The van der Waals surface area contributed by atoms with Crippen LogP contribution in [0.25, 0.3) is 10.2 Å².